The van der Waals surface area contributed by atoms with E-state index in [1.807, 2.05) is 0 Å². The summed E-state index contributed by atoms with van der Waals surface area (Å²) in [4.78, 5) is 4.72. The van der Waals surface area contributed by atoms with Crippen LogP contribution in [0.15, 0.2) is 36.4 Å². The van der Waals surface area contributed by atoms with Crippen LogP contribution in [0.5, 0.6) is 0 Å². The first-order valence-corrected chi connectivity index (χ1v) is 9.34. The molecular weight excluding hydrogens is 318 g/mol. The first-order chi connectivity index (χ1) is 11.9. The van der Waals surface area contributed by atoms with Gasteiger partial charge in [0.25, 0.3) is 0 Å². The van der Waals surface area contributed by atoms with Gasteiger partial charge in [-0.05, 0) is 48.6 Å². The van der Waals surface area contributed by atoms with E-state index < -0.39 is 0 Å². The average molecular weight is 337 g/mol. The van der Waals surface area contributed by atoms with Gasteiger partial charge >= 0.3 is 0 Å². The van der Waals surface area contributed by atoms with E-state index >= 15 is 0 Å². The Bertz CT molecular complexity index is 847. The Morgan fingerprint density at radius 2 is 1.67 bits per heavy atom. The van der Waals surface area contributed by atoms with Crippen LogP contribution in [-0.2, 0) is 0 Å². The van der Waals surface area contributed by atoms with Crippen molar-refractivity contribution < 1.29 is 0 Å². The fourth-order valence-electron chi connectivity index (χ4n) is 3.35. The lowest BCUT2D eigenvalue weighted by Crippen LogP contribution is -2.47. The van der Waals surface area contributed by atoms with Crippen LogP contribution < -0.4 is 9.80 Å². The molecule has 122 valence electrons. The van der Waals surface area contributed by atoms with Crippen LogP contribution in [0, 0.1) is 0 Å². The van der Waals surface area contributed by atoms with Gasteiger partial charge in [-0.15, -0.1) is 5.10 Å². The van der Waals surface area contributed by atoms with E-state index in [4.69, 9.17) is 0 Å². The second-order valence-electron chi connectivity index (χ2n) is 6.57. The highest BCUT2D eigenvalue weighted by molar-refractivity contribution is 7.13. The minimum Gasteiger partial charge on any atom is -0.352 e. The topological polar surface area (TPSA) is 45.2 Å². The number of aromatic nitrogens is 3. The monoisotopic (exact) mass is 337 g/mol. The van der Waals surface area contributed by atoms with Gasteiger partial charge in [-0.1, -0.05) is 12.1 Å². The van der Waals surface area contributed by atoms with Gasteiger partial charge < -0.3 is 9.80 Å². The van der Waals surface area contributed by atoms with E-state index in [-0.39, 0.29) is 0 Å². The van der Waals surface area contributed by atoms with E-state index in [9.17, 15) is 0 Å². The van der Waals surface area contributed by atoms with Crippen LogP contribution in [0.25, 0.3) is 10.1 Å². The molecule has 6 heteroatoms. The number of anilines is 2. The maximum atomic E-state index is 4.68. The minimum absolute atomic E-state index is 0.668. The molecule has 1 saturated heterocycles. The lowest BCUT2D eigenvalue weighted by Gasteiger charge is -2.35. The van der Waals surface area contributed by atoms with Gasteiger partial charge in [0, 0.05) is 37.5 Å². The van der Waals surface area contributed by atoms with Crippen molar-refractivity contribution in [2.75, 3.05) is 36.0 Å². The van der Waals surface area contributed by atoms with Gasteiger partial charge in [-0.3, -0.25) is 0 Å². The van der Waals surface area contributed by atoms with Gasteiger partial charge in [0.15, 0.2) is 5.82 Å². The molecule has 5 rings (SSSR count). The molecule has 0 bridgehead atoms. The summed E-state index contributed by atoms with van der Waals surface area (Å²) >= 11 is 1.59. The molecule has 0 N–H and O–H groups in total. The van der Waals surface area contributed by atoms with Crippen LogP contribution in [0.2, 0.25) is 0 Å². The molecule has 3 heterocycles. The molecular formula is C18H19N5S. The maximum Gasteiger partial charge on any atom is 0.151 e. The van der Waals surface area contributed by atoms with Crippen LogP contribution in [-0.4, -0.2) is 40.7 Å². The van der Waals surface area contributed by atoms with E-state index in [0.29, 0.717) is 5.92 Å². The Hall–Kier alpha value is -2.21. The maximum absolute atomic E-state index is 4.68. The van der Waals surface area contributed by atoms with Crippen molar-refractivity contribution in [1.29, 1.82) is 0 Å². The smallest absolute Gasteiger partial charge is 0.151 e. The molecule has 24 heavy (non-hydrogen) atoms. The fourth-order valence-corrected chi connectivity index (χ4v) is 4.14. The molecule has 0 atom stereocenters. The van der Waals surface area contributed by atoms with Crippen molar-refractivity contribution in [2.24, 2.45) is 0 Å². The third kappa shape index (κ3) is 2.51. The minimum atomic E-state index is 0.668. The van der Waals surface area contributed by atoms with Crippen LogP contribution >= 0.6 is 11.5 Å². The quantitative estimate of drug-likeness (QED) is 0.734. The second-order valence-corrected chi connectivity index (χ2v) is 7.37. The molecule has 5 nitrogen and oxygen atoms in total. The number of hydrogen-bond donors (Lipinski definition) is 0. The summed E-state index contributed by atoms with van der Waals surface area (Å²) in [6.45, 7) is 3.87. The molecule has 2 aromatic heterocycles. The third-order valence-electron chi connectivity index (χ3n) is 4.93. The van der Waals surface area contributed by atoms with Crippen LogP contribution in [0.4, 0.5) is 11.6 Å². The summed E-state index contributed by atoms with van der Waals surface area (Å²) in [6.07, 6.45) is 2.54. The number of rotatable bonds is 3. The molecule has 3 aromatic rings. The zero-order valence-electron chi connectivity index (χ0n) is 13.4. The Morgan fingerprint density at radius 3 is 2.42 bits per heavy atom. The molecule has 1 aliphatic carbocycles. The van der Waals surface area contributed by atoms with Crippen molar-refractivity contribution in [3.63, 3.8) is 0 Å². The molecule has 0 spiro atoms. The van der Waals surface area contributed by atoms with Crippen molar-refractivity contribution >= 4 is 33.3 Å². The predicted molar refractivity (Wildman–Crippen MR) is 98.1 cm³/mol. The van der Waals surface area contributed by atoms with Gasteiger partial charge in [0.05, 0.1) is 10.4 Å². The molecule has 0 amide bonds. The van der Waals surface area contributed by atoms with Crippen molar-refractivity contribution in [3.8, 4) is 0 Å². The van der Waals surface area contributed by atoms with Gasteiger partial charge in [-0.2, -0.15) is 9.47 Å². The number of piperazine rings is 1. The highest BCUT2D eigenvalue weighted by atomic mass is 32.1. The van der Waals surface area contributed by atoms with E-state index in [0.717, 1.165) is 43.5 Å². The Kier molecular flexibility index (Phi) is 3.36. The highest BCUT2D eigenvalue weighted by Crippen LogP contribution is 2.38. The lowest BCUT2D eigenvalue weighted by molar-refractivity contribution is 0.640. The zero-order valence-corrected chi connectivity index (χ0v) is 14.2. The lowest BCUT2D eigenvalue weighted by atomic mass is 10.2. The Balaban J connectivity index is 1.30. The summed E-state index contributed by atoms with van der Waals surface area (Å²) in [5.41, 5.74) is 1.16. The molecule has 2 fully saturated rings. The third-order valence-corrected chi connectivity index (χ3v) is 5.75. The van der Waals surface area contributed by atoms with Crippen molar-refractivity contribution in [2.45, 2.75) is 18.8 Å². The van der Waals surface area contributed by atoms with Crippen LogP contribution in [0.3, 0.4) is 0 Å². The first-order valence-electron chi connectivity index (χ1n) is 8.56. The van der Waals surface area contributed by atoms with E-state index in [1.165, 1.54) is 22.9 Å². The molecule has 2 aliphatic rings. The predicted octanol–water partition coefficient (Wildman–Crippen LogP) is 3.29. The van der Waals surface area contributed by atoms with Gasteiger partial charge in [0.1, 0.15) is 5.82 Å². The largest absolute Gasteiger partial charge is 0.352 e. The van der Waals surface area contributed by atoms with Gasteiger partial charge in [0.2, 0.25) is 0 Å². The summed E-state index contributed by atoms with van der Waals surface area (Å²) in [6, 6.07) is 12.8. The summed E-state index contributed by atoms with van der Waals surface area (Å²) in [5.74, 6) is 2.80. The number of hydrogen-bond acceptors (Lipinski definition) is 6. The first kappa shape index (κ1) is 14.2. The normalized spacial score (nSPS) is 18.3. The summed E-state index contributed by atoms with van der Waals surface area (Å²) in [5, 5.41) is 10.1. The standard InChI is InChI=1S/C18H19N5S/c1-2-4-16-14(3-1)18(21-24-16)23-11-9-22(10-12-23)17-8-7-15(19-20-17)13-5-6-13/h1-4,7-8,13H,5-6,9-12H2. The summed E-state index contributed by atoms with van der Waals surface area (Å²) < 4.78 is 5.94. The fraction of sp³-hybridized carbons (Fsp3) is 0.389. The van der Waals surface area contributed by atoms with Gasteiger partial charge in [-0.25, -0.2) is 0 Å². The molecule has 1 aliphatic heterocycles. The number of nitrogens with zero attached hydrogens (tertiary/aromatic N) is 5. The SMILES string of the molecule is c1ccc2c(N3CCN(c4ccc(C5CC5)nn4)CC3)nsc2c1. The van der Waals surface area contributed by atoms with Crippen molar-refractivity contribution in [3.05, 3.63) is 42.1 Å². The molecule has 1 saturated carbocycles. The summed E-state index contributed by atoms with van der Waals surface area (Å²) in [7, 11) is 0. The van der Waals surface area contributed by atoms with Crippen molar-refractivity contribution in [1.82, 2.24) is 14.6 Å². The van der Waals surface area contributed by atoms with E-state index in [2.05, 4.69) is 60.8 Å². The second kappa shape index (κ2) is 5.70. The molecule has 0 unspecified atom stereocenters. The molecule has 1 aromatic carbocycles. The zero-order chi connectivity index (χ0) is 15.9. The van der Waals surface area contributed by atoms with E-state index in [1.54, 1.807) is 11.5 Å². The molecule has 0 radical (unpaired) electrons. The highest BCUT2D eigenvalue weighted by Gasteiger charge is 2.26. The number of fused-ring (bicyclic) bond motifs is 1. The Morgan fingerprint density at radius 1 is 0.875 bits per heavy atom. The van der Waals surface area contributed by atoms with Crippen LogP contribution in [0.1, 0.15) is 24.5 Å². The number of benzene rings is 1. The average Bonchev–Trinajstić information content (AvgIpc) is 3.41. The Labute approximate surface area is 145 Å².